The molecule has 0 spiro atoms. The summed E-state index contributed by atoms with van der Waals surface area (Å²) in [5, 5.41) is 4.26. The van der Waals surface area contributed by atoms with Crippen molar-refractivity contribution in [1.29, 1.82) is 0 Å². The number of rotatable bonds is 3. The Labute approximate surface area is 142 Å². The molecule has 0 saturated carbocycles. The molecule has 2 aromatic rings. The van der Waals surface area contributed by atoms with Gasteiger partial charge in [0.15, 0.2) is 0 Å². The lowest BCUT2D eigenvalue weighted by atomic mass is 9.89. The largest absolute Gasteiger partial charge is 0.493 e. The number of fused-ring (bicyclic) bond motifs is 1. The van der Waals surface area contributed by atoms with E-state index in [1.54, 1.807) is 0 Å². The van der Waals surface area contributed by atoms with Crippen molar-refractivity contribution in [3.63, 3.8) is 0 Å². The third kappa shape index (κ3) is 2.79. The molecule has 1 amide bonds. The first-order valence-electron chi connectivity index (χ1n) is 8.72. The quantitative estimate of drug-likeness (QED) is 0.871. The number of aryl methyl sites for hydroxylation is 1. The van der Waals surface area contributed by atoms with Gasteiger partial charge in [-0.25, -0.2) is 0 Å². The van der Waals surface area contributed by atoms with E-state index in [-0.39, 0.29) is 17.9 Å². The fraction of sp³-hybridized carbons (Fsp3) is 0.474. The van der Waals surface area contributed by atoms with Crippen LogP contribution in [0.5, 0.6) is 5.75 Å². The van der Waals surface area contributed by atoms with Crippen molar-refractivity contribution in [2.45, 2.75) is 37.6 Å². The molecular weight excluding hydrogens is 302 g/mol. The highest BCUT2D eigenvalue weighted by molar-refractivity contribution is 5.78. The lowest BCUT2D eigenvalue weighted by molar-refractivity contribution is -0.132. The summed E-state index contributed by atoms with van der Waals surface area (Å²) in [7, 11) is 1.92. The zero-order valence-electron chi connectivity index (χ0n) is 14.0. The molecule has 0 bridgehead atoms. The van der Waals surface area contributed by atoms with Gasteiger partial charge in [0.05, 0.1) is 18.8 Å². The molecule has 0 aliphatic carbocycles. The molecule has 0 radical (unpaired) electrons. The molecule has 4 rings (SSSR count). The SMILES string of the molecule is Cn1cc(C2CCCN2C(=O)CC2CCOc3ccccc32)cn1. The Hall–Kier alpha value is -2.30. The normalized spacial score (nSPS) is 23.0. The van der Waals surface area contributed by atoms with Gasteiger partial charge in [-0.2, -0.15) is 5.10 Å². The number of hydrogen-bond donors (Lipinski definition) is 0. The number of benzene rings is 1. The van der Waals surface area contributed by atoms with E-state index in [0.29, 0.717) is 13.0 Å². The monoisotopic (exact) mass is 325 g/mol. The molecule has 2 aliphatic heterocycles. The number of aromatic nitrogens is 2. The van der Waals surface area contributed by atoms with Crippen LogP contribution in [-0.4, -0.2) is 33.7 Å². The van der Waals surface area contributed by atoms with Crippen molar-refractivity contribution in [2.75, 3.05) is 13.2 Å². The minimum Gasteiger partial charge on any atom is -0.493 e. The topological polar surface area (TPSA) is 47.4 Å². The van der Waals surface area contributed by atoms with Gasteiger partial charge in [0, 0.05) is 31.8 Å². The minimum absolute atomic E-state index is 0.182. The number of hydrogen-bond acceptors (Lipinski definition) is 3. The first-order chi connectivity index (χ1) is 11.7. The molecule has 2 unspecified atom stereocenters. The zero-order chi connectivity index (χ0) is 16.5. The first-order valence-corrected chi connectivity index (χ1v) is 8.72. The molecule has 1 aromatic heterocycles. The molecule has 5 nitrogen and oxygen atoms in total. The maximum atomic E-state index is 13.0. The van der Waals surface area contributed by atoms with E-state index in [1.807, 2.05) is 42.3 Å². The predicted octanol–water partition coefficient (Wildman–Crippen LogP) is 3.04. The van der Waals surface area contributed by atoms with Gasteiger partial charge in [-0.05, 0) is 36.8 Å². The maximum absolute atomic E-state index is 13.0. The lowest BCUT2D eigenvalue weighted by Crippen LogP contribution is -2.32. The van der Waals surface area contributed by atoms with Crippen molar-refractivity contribution in [3.8, 4) is 5.75 Å². The average Bonchev–Trinajstić information content (AvgIpc) is 3.24. The number of amides is 1. The Bertz CT molecular complexity index is 740. The summed E-state index contributed by atoms with van der Waals surface area (Å²) in [6, 6.07) is 8.29. The minimum atomic E-state index is 0.182. The number of para-hydroxylation sites is 1. The fourth-order valence-electron chi connectivity index (χ4n) is 3.98. The number of nitrogens with zero attached hydrogens (tertiary/aromatic N) is 3. The molecule has 1 saturated heterocycles. The summed E-state index contributed by atoms with van der Waals surface area (Å²) >= 11 is 0. The Morgan fingerprint density at radius 2 is 2.21 bits per heavy atom. The van der Waals surface area contributed by atoms with Crippen molar-refractivity contribution >= 4 is 5.91 Å². The Morgan fingerprint density at radius 3 is 3.04 bits per heavy atom. The Morgan fingerprint density at radius 1 is 1.33 bits per heavy atom. The third-order valence-electron chi connectivity index (χ3n) is 5.19. The van der Waals surface area contributed by atoms with E-state index in [9.17, 15) is 4.79 Å². The molecule has 2 atom stereocenters. The van der Waals surface area contributed by atoms with E-state index in [1.165, 1.54) is 5.56 Å². The number of ether oxygens (including phenoxy) is 1. The van der Waals surface area contributed by atoms with Crippen LogP contribution in [0.4, 0.5) is 0 Å². The molecule has 2 aliphatic rings. The van der Waals surface area contributed by atoms with Crippen LogP contribution in [0.25, 0.3) is 0 Å². The van der Waals surface area contributed by atoms with Crippen molar-refractivity contribution in [2.24, 2.45) is 7.05 Å². The van der Waals surface area contributed by atoms with Crippen LogP contribution in [-0.2, 0) is 11.8 Å². The molecule has 1 aromatic carbocycles. The molecule has 5 heteroatoms. The van der Waals surface area contributed by atoms with Crippen LogP contribution in [0, 0.1) is 0 Å². The highest BCUT2D eigenvalue weighted by Gasteiger charge is 2.33. The molecule has 3 heterocycles. The van der Waals surface area contributed by atoms with Gasteiger partial charge < -0.3 is 9.64 Å². The van der Waals surface area contributed by atoms with Gasteiger partial charge in [0.1, 0.15) is 5.75 Å². The van der Waals surface area contributed by atoms with Crippen LogP contribution in [0.15, 0.2) is 36.7 Å². The van der Waals surface area contributed by atoms with Gasteiger partial charge >= 0.3 is 0 Å². The predicted molar refractivity (Wildman–Crippen MR) is 90.8 cm³/mol. The van der Waals surface area contributed by atoms with Gasteiger partial charge in [0.25, 0.3) is 0 Å². The van der Waals surface area contributed by atoms with Crippen LogP contribution < -0.4 is 4.74 Å². The van der Waals surface area contributed by atoms with E-state index >= 15 is 0 Å². The summed E-state index contributed by atoms with van der Waals surface area (Å²) in [5.41, 5.74) is 2.32. The standard InChI is InChI=1S/C19H23N3O2/c1-21-13-15(12-20-21)17-6-4-9-22(17)19(23)11-14-8-10-24-18-7-3-2-5-16(14)18/h2-3,5,7,12-14,17H,4,6,8-11H2,1H3. The molecule has 24 heavy (non-hydrogen) atoms. The van der Waals surface area contributed by atoms with Crippen LogP contribution in [0.3, 0.4) is 0 Å². The van der Waals surface area contributed by atoms with Crippen LogP contribution >= 0.6 is 0 Å². The fourth-order valence-corrected chi connectivity index (χ4v) is 3.98. The second kappa shape index (κ2) is 6.30. The van der Waals surface area contributed by atoms with Crippen molar-refractivity contribution in [1.82, 2.24) is 14.7 Å². The first kappa shape index (κ1) is 15.2. The van der Waals surface area contributed by atoms with Gasteiger partial charge in [-0.15, -0.1) is 0 Å². The van der Waals surface area contributed by atoms with Crippen LogP contribution in [0.1, 0.15) is 48.8 Å². The number of carbonyl (C=O) groups is 1. The van der Waals surface area contributed by atoms with E-state index in [2.05, 4.69) is 16.1 Å². The van der Waals surface area contributed by atoms with Crippen LogP contribution in [0.2, 0.25) is 0 Å². The Balaban J connectivity index is 1.50. The Kier molecular flexibility index (Phi) is 4.00. The molecule has 0 N–H and O–H groups in total. The van der Waals surface area contributed by atoms with Gasteiger partial charge in [-0.1, -0.05) is 18.2 Å². The smallest absolute Gasteiger partial charge is 0.223 e. The highest BCUT2D eigenvalue weighted by atomic mass is 16.5. The van der Waals surface area contributed by atoms with E-state index in [4.69, 9.17) is 4.74 Å². The summed E-state index contributed by atoms with van der Waals surface area (Å²) in [6.45, 7) is 1.55. The van der Waals surface area contributed by atoms with Gasteiger partial charge in [-0.3, -0.25) is 9.48 Å². The number of likely N-dealkylation sites (tertiary alicyclic amines) is 1. The molecule has 126 valence electrons. The lowest BCUT2D eigenvalue weighted by Gasteiger charge is -2.29. The maximum Gasteiger partial charge on any atom is 0.223 e. The molecular formula is C19H23N3O2. The van der Waals surface area contributed by atoms with E-state index in [0.717, 1.165) is 37.1 Å². The van der Waals surface area contributed by atoms with E-state index < -0.39 is 0 Å². The zero-order valence-corrected chi connectivity index (χ0v) is 14.0. The second-order valence-electron chi connectivity index (χ2n) is 6.77. The summed E-state index contributed by atoms with van der Waals surface area (Å²) in [4.78, 5) is 15.0. The molecule has 1 fully saturated rings. The second-order valence-corrected chi connectivity index (χ2v) is 6.77. The van der Waals surface area contributed by atoms with Gasteiger partial charge in [0.2, 0.25) is 5.91 Å². The third-order valence-corrected chi connectivity index (χ3v) is 5.19. The van der Waals surface area contributed by atoms with Crippen molar-refractivity contribution < 1.29 is 9.53 Å². The van der Waals surface area contributed by atoms with Crippen molar-refractivity contribution in [3.05, 3.63) is 47.8 Å². The number of carbonyl (C=O) groups excluding carboxylic acids is 1. The summed E-state index contributed by atoms with van der Waals surface area (Å²) in [6.07, 6.45) is 7.49. The average molecular weight is 325 g/mol. The summed E-state index contributed by atoms with van der Waals surface area (Å²) < 4.78 is 7.53. The highest BCUT2D eigenvalue weighted by Crippen LogP contribution is 2.38. The summed E-state index contributed by atoms with van der Waals surface area (Å²) in [5.74, 6) is 1.45.